The highest BCUT2D eigenvalue weighted by atomic mass is 35.5. The Morgan fingerprint density at radius 1 is 1.56 bits per heavy atom. The Labute approximate surface area is 99.2 Å². The van der Waals surface area contributed by atoms with Crippen molar-refractivity contribution < 1.29 is 9.18 Å². The fraction of sp³-hybridized carbons (Fsp3) is 0.364. The van der Waals surface area contributed by atoms with Crippen LogP contribution in [0.1, 0.15) is 5.56 Å². The van der Waals surface area contributed by atoms with Crippen LogP contribution in [0.15, 0.2) is 18.2 Å². The number of likely N-dealkylation sites (N-methyl/N-ethyl adjacent to an activating group) is 2. The minimum atomic E-state index is -0.449. The lowest BCUT2D eigenvalue weighted by Gasteiger charge is -2.17. The first-order valence-electron chi connectivity index (χ1n) is 4.87. The summed E-state index contributed by atoms with van der Waals surface area (Å²) in [6.45, 7) is 0.700. The molecule has 1 N–H and O–H groups in total. The molecule has 0 aliphatic heterocycles. The van der Waals surface area contributed by atoms with Gasteiger partial charge in [0.15, 0.2) is 0 Å². The average Bonchev–Trinajstić information content (AvgIpc) is 2.24. The third kappa shape index (κ3) is 3.47. The first-order chi connectivity index (χ1) is 7.54. The zero-order valence-electron chi connectivity index (χ0n) is 9.26. The Morgan fingerprint density at radius 2 is 2.25 bits per heavy atom. The Balaban J connectivity index is 2.66. The van der Waals surface area contributed by atoms with Gasteiger partial charge in [-0.25, -0.2) is 4.39 Å². The van der Waals surface area contributed by atoms with E-state index >= 15 is 0 Å². The van der Waals surface area contributed by atoms with Gasteiger partial charge in [-0.2, -0.15) is 0 Å². The largest absolute Gasteiger partial charge is 0.340 e. The van der Waals surface area contributed by atoms with Crippen LogP contribution in [0.5, 0.6) is 0 Å². The van der Waals surface area contributed by atoms with Gasteiger partial charge >= 0.3 is 0 Å². The maximum absolute atomic E-state index is 12.9. The molecule has 5 heteroatoms. The van der Waals surface area contributed by atoms with Crippen LogP contribution >= 0.6 is 11.6 Å². The monoisotopic (exact) mass is 244 g/mol. The van der Waals surface area contributed by atoms with Crippen molar-refractivity contribution in [3.63, 3.8) is 0 Å². The van der Waals surface area contributed by atoms with E-state index < -0.39 is 5.82 Å². The van der Waals surface area contributed by atoms with E-state index in [1.807, 2.05) is 0 Å². The lowest BCUT2D eigenvalue weighted by atomic mass is 10.2. The molecule has 1 amide bonds. The van der Waals surface area contributed by atoms with E-state index in [9.17, 15) is 9.18 Å². The van der Waals surface area contributed by atoms with Crippen molar-refractivity contribution in [3.05, 3.63) is 34.6 Å². The first kappa shape index (κ1) is 12.9. The van der Waals surface area contributed by atoms with Crippen LogP contribution in [-0.4, -0.2) is 31.4 Å². The quantitative estimate of drug-likeness (QED) is 0.874. The minimum Gasteiger partial charge on any atom is -0.340 e. The fourth-order valence-electron chi connectivity index (χ4n) is 1.29. The molecule has 0 unspecified atom stereocenters. The molecule has 88 valence electrons. The lowest BCUT2D eigenvalue weighted by Crippen LogP contribution is -2.33. The third-order valence-electron chi connectivity index (χ3n) is 2.16. The van der Waals surface area contributed by atoms with Crippen LogP contribution in [0.4, 0.5) is 4.39 Å². The maximum atomic E-state index is 12.9. The van der Waals surface area contributed by atoms with Crippen LogP contribution in [-0.2, 0) is 11.3 Å². The zero-order chi connectivity index (χ0) is 12.1. The van der Waals surface area contributed by atoms with Gasteiger partial charge < -0.3 is 10.2 Å². The van der Waals surface area contributed by atoms with Crippen molar-refractivity contribution in [1.29, 1.82) is 0 Å². The molecule has 1 rings (SSSR count). The van der Waals surface area contributed by atoms with E-state index in [1.54, 1.807) is 25.1 Å². The predicted octanol–water partition coefficient (Wildman–Crippen LogP) is 1.66. The highest BCUT2D eigenvalue weighted by Gasteiger charge is 2.09. The molecule has 0 spiro atoms. The van der Waals surface area contributed by atoms with Crippen molar-refractivity contribution in [2.24, 2.45) is 0 Å². The zero-order valence-corrected chi connectivity index (χ0v) is 10.0. The molecule has 0 atom stereocenters. The van der Waals surface area contributed by atoms with Crippen LogP contribution in [0, 0.1) is 5.82 Å². The molecule has 0 saturated heterocycles. The molecule has 1 aromatic rings. The van der Waals surface area contributed by atoms with Gasteiger partial charge in [-0.05, 0) is 24.7 Å². The van der Waals surface area contributed by atoms with Crippen LogP contribution in [0.25, 0.3) is 0 Å². The van der Waals surface area contributed by atoms with E-state index in [2.05, 4.69) is 5.32 Å². The second kappa shape index (κ2) is 5.82. The summed E-state index contributed by atoms with van der Waals surface area (Å²) >= 11 is 5.65. The van der Waals surface area contributed by atoms with E-state index in [0.29, 0.717) is 6.54 Å². The number of hydrogen-bond acceptors (Lipinski definition) is 2. The van der Waals surface area contributed by atoms with Crippen molar-refractivity contribution in [1.82, 2.24) is 10.2 Å². The number of halogens is 2. The van der Waals surface area contributed by atoms with Crippen molar-refractivity contribution >= 4 is 17.5 Å². The normalized spacial score (nSPS) is 10.2. The molecule has 3 nitrogen and oxygen atoms in total. The molecule has 16 heavy (non-hydrogen) atoms. The smallest absolute Gasteiger partial charge is 0.236 e. The molecule has 0 fully saturated rings. The molecular formula is C11H14ClFN2O. The Hall–Kier alpha value is -1.13. The molecular weight excluding hydrogens is 231 g/mol. The second-order valence-corrected chi connectivity index (χ2v) is 3.94. The summed E-state index contributed by atoms with van der Waals surface area (Å²) in [5.41, 5.74) is 0.804. The minimum absolute atomic E-state index is 0.0250. The molecule has 0 aliphatic rings. The topological polar surface area (TPSA) is 32.3 Å². The SMILES string of the molecule is CNCC(=O)N(C)Cc1ccc(F)c(Cl)c1. The lowest BCUT2D eigenvalue weighted by molar-refractivity contribution is -0.129. The number of carbonyl (C=O) groups excluding carboxylic acids is 1. The number of amides is 1. The number of nitrogens with one attached hydrogen (secondary N) is 1. The summed E-state index contributed by atoms with van der Waals surface area (Å²) in [6.07, 6.45) is 0. The van der Waals surface area contributed by atoms with E-state index in [1.165, 1.54) is 12.1 Å². The molecule has 0 radical (unpaired) electrons. The number of rotatable bonds is 4. The number of nitrogens with zero attached hydrogens (tertiary/aromatic N) is 1. The molecule has 1 aromatic carbocycles. The Kier molecular flexibility index (Phi) is 4.71. The Morgan fingerprint density at radius 3 is 2.81 bits per heavy atom. The predicted molar refractivity (Wildman–Crippen MR) is 61.8 cm³/mol. The van der Waals surface area contributed by atoms with Crippen molar-refractivity contribution in [2.45, 2.75) is 6.54 Å². The fourth-order valence-corrected chi connectivity index (χ4v) is 1.49. The number of carbonyl (C=O) groups is 1. The third-order valence-corrected chi connectivity index (χ3v) is 2.45. The summed E-state index contributed by atoms with van der Waals surface area (Å²) < 4.78 is 12.9. The summed E-state index contributed by atoms with van der Waals surface area (Å²) in [7, 11) is 3.40. The van der Waals surface area contributed by atoms with Gasteiger partial charge in [-0.1, -0.05) is 17.7 Å². The van der Waals surface area contributed by atoms with Gasteiger partial charge in [-0.3, -0.25) is 4.79 Å². The highest BCUT2D eigenvalue weighted by molar-refractivity contribution is 6.30. The maximum Gasteiger partial charge on any atom is 0.236 e. The van der Waals surface area contributed by atoms with Gasteiger partial charge in [0.2, 0.25) is 5.91 Å². The van der Waals surface area contributed by atoms with Gasteiger partial charge in [0, 0.05) is 13.6 Å². The molecule has 0 aromatic heterocycles. The van der Waals surface area contributed by atoms with Crippen LogP contribution in [0.2, 0.25) is 5.02 Å². The van der Waals surface area contributed by atoms with Gasteiger partial charge in [0.05, 0.1) is 11.6 Å². The molecule has 0 bridgehead atoms. The van der Waals surface area contributed by atoms with Crippen molar-refractivity contribution in [2.75, 3.05) is 20.6 Å². The van der Waals surface area contributed by atoms with E-state index in [-0.39, 0.29) is 17.5 Å². The van der Waals surface area contributed by atoms with Crippen LogP contribution in [0.3, 0.4) is 0 Å². The van der Waals surface area contributed by atoms with Crippen LogP contribution < -0.4 is 5.32 Å². The summed E-state index contributed by atoms with van der Waals surface area (Å²) in [5, 5.41) is 2.85. The number of hydrogen-bond donors (Lipinski definition) is 1. The standard InChI is InChI=1S/C11H14ClFN2O/c1-14-6-11(16)15(2)7-8-3-4-10(13)9(12)5-8/h3-5,14H,6-7H2,1-2H3. The number of benzene rings is 1. The second-order valence-electron chi connectivity index (χ2n) is 3.53. The first-order valence-corrected chi connectivity index (χ1v) is 5.25. The molecule has 0 saturated carbocycles. The van der Waals surface area contributed by atoms with Gasteiger partial charge in [0.1, 0.15) is 5.82 Å². The highest BCUT2D eigenvalue weighted by Crippen LogP contribution is 2.16. The van der Waals surface area contributed by atoms with E-state index in [4.69, 9.17) is 11.6 Å². The van der Waals surface area contributed by atoms with Gasteiger partial charge in [0.25, 0.3) is 0 Å². The summed E-state index contributed by atoms with van der Waals surface area (Å²) in [4.78, 5) is 13.0. The van der Waals surface area contributed by atoms with E-state index in [0.717, 1.165) is 5.56 Å². The summed E-state index contributed by atoms with van der Waals surface area (Å²) in [5.74, 6) is -0.474. The van der Waals surface area contributed by atoms with Crippen molar-refractivity contribution in [3.8, 4) is 0 Å². The molecule has 0 aliphatic carbocycles. The average molecular weight is 245 g/mol. The Bertz CT molecular complexity index is 384. The molecule has 0 heterocycles. The van der Waals surface area contributed by atoms with Gasteiger partial charge in [-0.15, -0.1) is 0 Å². The summed E-state index contributed by atoms with van der Waals surface area (Å²) in [6, 6.07) is 4.44.